The zero-order chi connectivity index (χ0) is 21.6. The summed E-state index contributed by atoms with van der Waals surface area (Å²) in [7, 11) is -3.76. The number of benzene rings is 2. The van der Waals surface area contributed by atoms with E-state index in [1.54, 1.807) is 12.1 Å². The molecule has 0 bridgehead atoms. The van der Waals surface area contributed by atoms with E-state index in [-0.39, 0.29) is 4.90 Å². The van der Waals surface area contributed by atoms with Crippen LogP contribution in [0.15, 0.2) is 63.9 Å². The number of carbonyl (C=O) groups excluding carboxylic acids is 1. The quantitative estimate of drug-likeness (QED) is 0.409. The molecule has 2 aromatic carbocycles. The summed E-state index contributed by atoms with van der Waals surface area (Å²) in [5, 5.41) is 6.61. The van der Waals surface area contributed by atoms with Gasteiger partial charge < -0.3 is 4.74 Å². The molecule has 0 fully saturated rings. The molecule has 0 aliphatic carbocycles. The van der Waals surface area contributed by atoms with Crippen LogP contribution in [0.2, 0.25) is 0 Å². The third-order valence-corrected chi connectivity index (χ3v) is 6.03. The second-order valence-electron chi connectivity index (χ2n) is 6.08. The molecule has 0 aliphatic rings. The predicted molar refractivity (Wildman–Crippen MR) is 117 cm³/mol. The Labute approximate surface area is 178 Å². The fourth-order valence-corrected chi connectivity index (χ4v) is 4.07. The topological polar surface area (TPSA) is 110 Å². The van der Waals surface area contributed by atoms with Crippen molar-refractivity contribution in [3.63, 3.8) is 0 Å². The lowest BCUT2D eigenvalue weighted by molar-refractivity contribution is 0.0955. The number of hydrogen-bond acceptors (Lipinski definition) is 7. The second kappa shape index (κ2) is 9.51. The normalized spacial score (nSPS) is 11.4. The molecule has 0 radical (unpaired) electrons. The van der Waals surface area contributed by atoms with E-state index < -0.39 is 15.9 Å². The van der Waals surface area contributed by atoms with Crippen LogP contribution in [-0.4, -0.2) is 32.1 Å². The smallest absolute Gasteiger partial charge is 0.271 e. The molecule has 3 rings (SSSR count). The molecule has 156 valence electrons. The SMILES string of the molecule is CCOc1ccc(S(=O)(=O)Nc2ccc(C(=O)N/N=C/c3csc(C)n3)cc2)cc1. The average Bonchev–Trinajstić information content (AvgIpc) is 3.14. The van der Waals surface area contributed by atoms with Crippen molar-refractivity contribution >= 4 is 39.2 Å². The lowest BCUT2D eigenvalue weighted by Gasteiger charge is -2.09. The van der Waals surface area contributed by atoms with Crippen LogP contribution in [0.1, 0.15) is 28.0 Å². The molecule has 0 saturated carbocycles. The van der Waals surface area contributed by atoms with Crippen LogP contribution in [0.3, 0.4) is 0 Å². The van der Waals surface area contributed by atoms with Crippen molar-refractivity contribution in [2.45, 2.75) is 18.7 Å². The van der Waals surface area contributed by atoms with Gasteiger partial charge in [0.25, 0.3) is 15.9 Å². The average molecular weight is 445 g/mol. The molecule has 8 nitrogen and oxygen atoms in total. The van der Waals surface area contributed by atoms with Gasteiger partial charge in [0.2, 0.25) is 0 Å². The minimum absolute atomic E-state index is 0.111. The van der Waals surface area contributed by atoms with Crippen LogP contribution >= 0.6 is 11.3 Å². The van der Waals surface area contributed by atoms with Crippen molar-refractivity contribution in [2.75, 3.05) is 11.3 Å². The Bertz CT molecular complexity index is 1140. The molecule has 2 N–H and O–H groups in total. The first-order valence-electron chi connectivity index (χ1n) is 8.98. The van der Waals surface area contributed by atoms with E-state index in [0.29, 0.717) is 29.3 Å². The van der Waals surface area contributed by atoms with Gasteiger partial charge in [-0.05, 0) is 62.4 Å². The molecule has 10 heteroatoms. The minimum atomic E-state index is -3.76. The largest absolute Gasteiger partial charge is 0.494 e. The lowest BCUT2D eigenvalue weighted by atomic mass is 10.2. The number of anilines is 1. The maximum atomic E-state index is 12.5. The van der Waals surface area contributed by atoms with Gasteiger partial charge in [-0.25, -0.2) is 18.8 Å². The van der Waals surface area contributed by atoms with Crippen molar-refractivity contribution < 1.29 is 17.9 Å². The Hall–Kier alpha value is -3.24. The second-order valence-corrected chi connectivity index (χ2v) is 8.82. The van der Waals surface area contributed by atoms with Gasteiger partial charge in [0, 0.05) is 16.6 Å². The number of hydrazone groups is 1. The number of rotatable bonds is 8. The number of hydrogen-bond donors (Lipinski definition) is 2. The Kier molecular flexibility index (Phi) is 6.80. The van der Waals surface area contributed by atoms with Crippen LogP contribution in [-0.2, 0) is 10.0 Å². The number of amides is 1. The van der Waals surface area contributed by atoms with Crippen LogP contribution in [0.25, 0.3) is 0 Å². The zero-order valence-corrected chi connectivity index (χ0v) is 18.0. The molecule has 1 aromatic heterocycles. The van der Waals surface area contributed by atoms with Gasteiger partial charge in [-0.1, -0.05) is 0 Å². The van der Waals surface area contributed by atoms with Crippen LogP contribution < -0.4 is 14.9 Å². The maximum absolute atomic E-state index is 12.5. The van der Waals surface area contributed by atoms with E-state index >= 15 is 0 Å². The van der Waals surface area contributed by atoms with Gasteiger partial charge in [0.05, 0.1) is 28.4 Å². The highest BCUT2D eigenvalue weighted by Crippen LogP contribution is 2.19. The summed E-state index contributed by atoms with van der Waals surface area (Å²) in [5.41, 5.74) is 3.75. The summed E-state index contributed by atoms with van der Waals surface area (Å²) < 4.78 is 32.8. The number of ether oxygens (including phenoxy) is 1. The van der Waals surface area contributed by atoms with E-state index in [1.165, 1.54) is 53.9 Å². The number of sulfonamides is 1. The molecular formula is C20H20N4O4S2. The number of nitrogens with one attached hydrogen (secondary N) is 2. The van der Waals surface area contributed by atoms with Crippen LogP contribution in [0.4, 0.5) is 5.69 Å². The van der Waals surface area contributed by atoms with E-state index in [1.807, 2.05) is 19.2 Å². The summed E-state index contributed by atoms with van der Waals surface area (Å²) >= 11 is 1.49. The Morgan fingerprint density at radius 2 is 1.87 bits per heavy atom. The van der Waals surface area contributed by atoms with Gasteiger partial charge in [0.1, 0.15) is 5.75 Å². The first-order chi connectivity index (χ1) is 14.4. The summed E-state index contributed by atoms with van der Waals surface area (Å²) in [5.74, 6) is 0.179. The lowest BCUT2D eigenvalue weighted by Crippen LogP contribution is -2.18. The van der Waals surface area contributed by atoms with E-state index in [2.05, 4.69) is 20.2 Å². The zero-order valence-electron chi connectivity index (χ0n) is 16.3. The summed E-state index contributed by atoms with van der Waals surface area (Å²) in [6.07, 6.45) is 1.46. The van der Waals surface area contributed by atoms with Gasteiger partial charge >= 0.3 is 0 Å². The van der Waals surface area contributed by atoms with Crippen molar-refractivity contribution in [2.24, 2.45) is 5.10 Å². The van der Waals surface area contributed by atoms with E-state index in [0.717, 1.165) is 5.01 Å². The van der Waals surface area contributed by atoms with Crippen molar-refractivity contribution in [3.05, 3.63) is 70.2 Å². The van der Waals surface area contributed by atoms with Gasteiger partial charge in [-0.3, -0.25) is 9.52 Å². The van der Waals surface area contributed by atoms with E-state index in [4.69, 9.17) is 4.74 Å². The molecule has 1 amide bonds. The highest BCUT2D eigenvalue weighted by atomic mass is 32.2. The third kappa shape index (κ3) is 5.65. The highest BCUT2D eigenvalue weighted by Gasteiger charge is 2.14. The fourth-order valence-electron chi connectivity index (χ4n) is 2.45. The Morgan fingerprint density at radius 1 is 1.17 bits per heavy atom. The molecule has 0 aliphatic heterocycles. The first kappa shape index (κ1) is 21.5. The van der Waals surface area contributed by atoms with E-state index in [9.17, 15) is 13.2 Å². The Morgan fingerprint density at radius 3 is 2.47 bits per heavy atom. The predicted octanol–water partition coefficient (Wildman–Crippen LogP) is 3.41. The first-order valence-corrected chi connectivity index (χ1v) is 11.3. The van der Waals surface area contributed by atoms with Crippen LogP contribution in [0.5, 0.6) is 5.75 Å². The summed E-state index contributed by atoms with van der Waals surface area (Å²) in [6.45, 7) is 4.23. The maximum Gasteiger partial charge on any atom is 0.271 e. The minimum Gasteiger partial charge on any atom is -0.494 e. The molecule has 30 heavy (non-hydrogen) atoms. The molecule has 0 unspecified atom stereocenters. The van der Waals surface area contributed by atoms with Crippen molar-refractivity contribution in [1.82, 2.24) is 10.4 Å². The number of thiazole rings is 1. The molecule has 0 saturated heterocycles. The number of aryl methyl sites for hydroxylation is 1. The molecule has 1 heterocycles. The van der Waals surface area contributed by atoms with Gasteiger partial charge in [-0.2, -0.15) is 5.10 Å². The fraction of sp³-hybridized carbons (Fsp3) is 0.150. The molecular weight excluding hydrogens is 424 g/mol. The summed E-state index contributed by atoms with van der Waals surface area (Å²) in [4.78, 5) is 16.5. The third-order valence-electron chi connectivity index (χ3n) is 3.84. The molecule has 0 spiro atoms. The van der Waals surface area contributed by atoms with Crippen molar-refractivity contribution in [1.29, 1.82) is 0 Å². The Balaban J connectivity index is 1.61. The summed E-state index contributed by atoms with van der Waals surface area (Å²) in [6, 6.07) is 12.2. The highest BCUT2D eigenvalue weighted by molar-refractivity contribution is 7.92. The monoisotopic (exact) mass is 444 g/mol. The standard InChI is InChI=1S/C20H20N4O4S2/c1-3-28-18-8-10-19(11-9-18)30(26,27)24-16-6-4-15(5-7-16)20(25)23-21-12-17-13-29-14(2)22-17/h4-13,24H,3H2,1-2H3,(H,23,25)/b21-12+. The van der Waals surface area contributed by atoms with Gasteiger partial charge in [0.15, 0.2) is 0 Å². The molecule has 3 aromatic rings. The molecule has 0 atom stereocenters. The van der Waals surface area contributed by atoms with Crippen molar-refractivity contribution in [3.8, 4) is 5.75 Å². The van der Waals surface area contributed by atoms with Crippen LogP contribution in [0, 0.1) is 6.92 Å². The number of aromatic nitrogens is 1. The number of carbonyl (C=O) groups is 1. The number of nitrogens with zero attached hydrogens (tertiary/aromatic N) is 2. The van der Waals surface area contributed by atoms with Gasteiger partial charge in [-0.15, -0.1) is 11.3 Å².